The number of anilines is 1. The van der Waals surface area contributed by atoms with Crippen LogP contribution in [-0.2, 0) is 6.54 Å². The SMILES string of the molecule is Fc1c(CNc2nc(Cl)nc3cnc(C4CCCCC4)cc23)cccc1C(F)F. The van der Waals surface area contributed by atoms with E-state index >= 15 is 0 Å². The second-order valence-electron chi connectivity index (χ2n) is 7.28. The molecule has 3 aromatic rings. The van der Waals surface area contributed by atoms with Crippen LogP contribution in [0.25, 0.3) is 10.9 Å². The minimum absolute atomic E-state index is 0.00405. The van der Waals surface area contributed by atoms with Crippen LogP contribution < -0.4 is 5.32 Å². The van der Waals surface area contributed by atoms with Crippen molar-refractivity contribution < 1.29 is 13.2 Å². The van der Waals surface area contributed by atoms with Crippen LogP contribution in [-0.4, -0.2) is 15.0 Å². The van der Waals surface area contributed by atoms with E-state index in [-0.39, 0.29) is 17.4 Å². The topological polar surface area (TPSA) is 50.7 Å². The molecule has 0 atom stereocenters. The summed E-state index contributed by atoms with van der Waals surface area (Å²) in [6.07, 6.45) is 4.63. The number of aromatic nitrogens is 3. The van der Waals surface area contributed by atoms with E-state index in [1.807, 2.05) is 6.07 Å². The highest BCUT2D eigenvalue weighted by Gasteiger charge is 2.19. The molecule has 2 aromatic heterocycles. The molecule has 2 heterocycles. The van der Waals surface area contributed by atoms with Gasteiger partial charge < -0.3 is 5.32 Å². The minimum Gasteiger partial charge on any atom is -0.365 e. The molecular weight excluding hydrogens is 401 g/mol. The molecule has 1 aliphatic carbocycles. The summed E-state index contributed by atoms with van der Waals surface area (Å²) in [5, 5.41) is 3.80. The molecule has 1 aromatic carbocycles. The van der Waals surface area contributed by atoms with Crippen molar-refractivity contribution in [2.24, 2.45) is 0 Å². The van der Waals surface area contributed by atoms with E-state index in [4.69, 9.17) is 11.6 Å². The zero-order valence-corrected chi connectivity index (χ0v) is 16.4. The molecule has 1 fully saturated rings. The maximum Gasteiger partial charge on any atom is 0.266 e. The quantitative estimate of drug-likeness (QED) is 0.484. The number of fused-ring (bicyclic) bond motifs is 1. The molecule has 0 bridgehead atoms. The zero-order chi connectivity index (χ0) is 20.4. The van der Waals surface area contributed by atoms with Gasteiger partial charge in [0.05, 0.1) is 17.3 Å². The zero-order valence-electron chi connectivity index (χ0n) is 15.6. The van der Waals surface area contributed by atoms with Crippen molar-refractivity contribution >= 4 is 28.3 Å². The van der Waals surface area contributed by atoms with Crippen LogP contribution in [0.3, 0.4) is 0 Å². The lowest BCUT2D eigenvalue weighted by molar-refractivity contribution is 0.146. The van der Waals surface area contributed by atoms with E-state index in [0.717, 1.165) is 30.0 Å². The Morgan fingerprint density at radius 2 is 1.93 bits per heavy atom. The summed E-state index contributed by atoms with van der Waals surface area (Å²) in [5.74, 6) is -0.0813. The normalized spacial score (nSPS) is 15.2. The molecule has 8 heteroatoms. The molecule has 0 radical (unpaired) electrons. The van der Waals surface area contributed by atoms with Crippen LogP contribution in [0.5, 0.6) is 0 Å². The number of hydrogen-bond donors (Lipinski definition) is 1. The largest absolute Gasteiger partial charge is 0.365 e. The van der Waals surface area contributed by atoms with Crippen LogP contribution in [0.15, 0.2) is 30.5 Å². The first-order valence-corrected chi connectivity index (χ1v) is 10.0. The van der Waals surface area contributed by atoms with Crippen molar-refractivity contribution in [1.29, 1.82) is 0 Å². The molecular formula is C21H20ClF3N4. The fourth-order valence-corrected chi connectivity index (χ4v) is 4.04. The van der Waals surface area contributed by atoms with Crippen molar-refractivity contribution in [1.82, 2.24) is 15.0 Å². The van der Waals surface area contributed by atoms with Gasteiger partial charge in [-0.25, -0.2) is 23.1 Å². The predicted molar refractivity (Wildman–Crippen MR) is 107 cm³/mol. The van der Waals surface area contributed by atoms with Gasteiger partial charge in [0, 0.05) is 29.1 Å². The third-order valence-corrected chi connectivity index (χ3v) is 5.56. The van der Waals surface area contributed by atoms with Crippen LogP contribution in [0.2, 0.25) is 5.28 Å². The Balaban J connectivity index is 1.65. The van der Waals surface area contributed by atoms with Gasteiger partial charge in [-0.15, -0.1) is 0 Å². The first-order valence-electron chi connectivity index (χ1n) is 9.65. The van der Waals surface area contributed by atoms with Gasteiger partial charge >= 0.3 is 0 Å². The number of benzene rings is 1. The maximum atomic E-state index is 14.3. The molecule has 0 spiro atoms. The fraction of sp³-hybridized carbons (Fsp3) is 0.381. The molecule has 0 saturated heterocycles. The fourth-order valence-electron chi connectivity index (χ4n) is 3.86. The number of halogens is 4. The Morgan fingerprint density at radius 1 is 1.14 bits per heavy atom. The second kappa shape index (κ2) is 8.53. The highest BCUT2D eigenvalue weighted by molar-refractivity contribution is 6.28. The summed E-state index contributed by atoms with van der Waals surface area (Å²) in [7, 11) is 0. The summed E-state index contributed by atoms with van der Waals surface area (Å²) < 4.78 is 40.2. The number of hydrogen-bond acceptors (Lipinski definition) is 4. The lowest BCUT2D eigenvalue weighted by Crippen LogP contribution is -2.09. The Kier molecular flexibility index (Phi) is 5.85. The first kappa shape index (κ1) is 19.9. The summed E-state index contributed by atoms with van der Waals surface area (Å²) in [5.41, 5.74) is 1.08. The third kappa shape index (κ3) is 4.29. The van der Waals surface area contributed by atoms with Gasteiger partial charge in [-0.05, 0) is 30.5 Å². The van der Waals surface area contributed by atoms with Crippen LogP contribution in [0, 0.1) is 5.82 Å². The molecule has 0 amide bonds. The Labute approximate surface area is 171 Å². The number of pyridine rings is 1. The summed E-state index contributed by atoms with van der Waals surface area (Å²) in [6, 6.07) is 5.92. The Morgan fingerprint density at radius 3 is 2.69 bits per heavy atom. The van der Waals surface area contributed by atoms with Crippen molar-refractivity contribution in [2.45, 2.75) is 51.0 Å². The highest BCUT2D eigenvalue weighted by atomic mass is 35.5. The molecule has 4 rings (SSSR count). The number of alkyl halides is 2. The van der Waals surface area contributed by atoms with Crippen molar-refractivity contribution in [3.8, 4) is 0 Å². The second-order valence-corrected chi connectivity index (χ2v) is 7.62. The van der Waals surface area contributed by atoms with Gasteiger partial charge in [-0.2, -0.15) is 0 Å². The Hall–Kier alpha value is -2.41. The van der Waals surface area contributed by atoms with Crippen LogP contribution in [0.4, 0.5) is 19.0 Å². The van der Waals surface area contributed by atoms with Crippen LogP contribution in [0.1, 0.15) is 61.3 Å². The molecule has 0 aliphatic heterocycles. The third-order valence-electron chi connectivity index (χ3n) is 5.39. The molecule has 4 nitrogen and oxygen atoms in total. The molecule has 29 heavy (non-hydrogen) atoms. The lowest BCUT2D eigenvalue weighted by Gasteiger charge is -2.21. The molecule has 1 aliphatic rings. The van der Waals surface area contributed by atoms with Crippen molar-refractivity contribution in [3.05, 3.63) is 58.4 Å². The van der Waals surface area contributed by atoms with E-state index in [0.29, 0.717) is 17.3 Å². The molecule has 152 valence electrons. The van der Waals surface area contributed by atoms with E-state index in [2.05, 4.69) is 20.3 Å². The maximum absolute atomic E-state index is 14.3. The first-order chi connectivity index (χ1) is 14.0. The lowest BCUT2D eigenvalue weighted by atomic mass is 9.86. The average molecular weight is 421 g/mol. The predicted octanol–water partition coefficient (Wildman–Crippen LogP) is 6.41. The molecule has 1 saturated carbocycles. The molecule has 1 N–H and O–H groups in total. The minimum atomic E-state index is -2.87. The number of rotatable bonds is 5. The van der Waals surface area contributed by atoms with Gasteiger partial charge in [0.1, 0.15) is 11.6 Å². The average Bonchev–Trinajstić information content (AvgIpc) is 2.73. The van der Waals surface area contributed by atoms with Gasteiger partial charge in [-0.1, -0.05) is 37.5 Å². The van der Waals surface area contributed by atoms with E-state index in [9.17, 15) is 13.2 Å². The number of nitrogens with zero attached hydrogens (tertiary/aromatic N) is 3. The van der Waals surface area contributed by atoms with E-state index in [1.165, 1.54) is 31.4 Å². The summed E-state index contributed by atoms with van der Waals surface area (Å²) >= 11 is 6.03. The van der Waals surface area contributed by atoms with Crippen LogP contribution >= 0.6 is 11.6 Å². The van der Waals surface area contributed by atoms with Crippen molar-refractivity contribution in [3.63, 3.8) is 0 Å². The standard InChI is InChI=1S/C21H20ClF3N4/c22-21-28-17-11-26-16(12-5-2-1-3-6-12)9-15(17)20(29-21)27-10-13-7-4-8-14(18(13)23)19(24)25/h4,7-9,11-12,19H,1-3,5-6,10H2,(H,27,28,29). The van der Waals surface area contributed by atoms with Gasteiger partial charge in [0.2, 0.25) is 5.28 Å². The van der Waals surface area contributed by atoms with E-state index in [1.54, 1.807) is 6.20 Å². The van der Waals surface area contributed by atoms with Gasteiger partial charge in [-0.3, -0.25) is 4.98 Å². The molecule has 0 unspecified atom stereocenters. The highest BCUT2D eigenvalue weighted by Crippen LogP contribution is 2.34. The monoisotopic (exact) mass is 420 g/mol. The number of nitrogens with one attached hydrogen (secondary N) is 1. The summed E-state index contributed by atoms with van der Waals surface area (Å²) in [6.45, 7) is -0.00405. The summed E-state index contributed by atoms with van der Waals surface area (Å²) in [4.78, 5) is 13.0. The van der Waals surface area contributed by atoms with Gasteiger partial charge in [0.25, 0.3) is 6.43 Å². The smallest absolute Gasteiger partial charge is 0.266 e. The van der Waals surface area contributed by atoms with Crippen molar-refractivity contribution in [2.75, 3.05) is 5.32 Å². The Bertz CT molecular complexity index is 1020. The van der Waals surface area contributed by atoms with E-state index < -0.39 is 17.8 Å². The van der Waals surface area contributed by atoms with Gasteiger partial charge in [0.15, 0.2) is 0 Å².